The van der Waals surface area contributed by atoms with Gasteiger partial charge in [0, 0.05) is 37.5 Å². The number of nitrogens with zero attached hydrogens (tertiary/aromatic N) is 3. The molecule has 2 aromatic heterocycles. The lowest BCUT2D eigenvalue weighted by molar-refractivity contribution is -0.121. The molecule has 8 nitrogen and oxygen atoms in total. The van der Waals surface area contributed by atoms with Crippen LogP contribution in [0.4, 0.5) is 0 Å². The number of aromatic nitrogens is 3. The van der Waals surface area contributed by atoms with Crippen LogP contribution in [0.1, 0.15) is 18.9 Å². The van der Waals surface area contributed by atoms with E-state index in [4.69, 9.17) is 9.47 Å². The van der Waals surface area contributed by atoms with Gasteiger partial charge in [0.25, 0.3) is 5.56 Å². The Morgan fingerprint density at radius 1 is 1.06 bits per heavy atom. The Balaban J connectivity index is 1.41. The third-order valence-corrected chi connectivity index (χ3v) is 5.27. The van der Waals surface area contributed by atoms with Crippen LogP contribution in [0.5, 0.6) is 11.5 Å². The first-order chi connectivity index (χ1) is 16.1. The fourth-order valence-electron chi connectivity index (χ4n) is 3.53. The van der Waals surface area contributed by atoms with Crippen LogP contribution >= 0.6 is 0 Å². The second-order valence-corrected chi connectivity index (χ2v) is 7.49. The normalized spacial score (nSPS) is 10.8. The van der Waals surface area contributed by atoms with Gasteiger partial charge in [-0.05, 0) is 55.0 Å². The first kappa shape index (κ1) is 22.1. The van der Waals surface area contributed by atoms with Gasteiger partial charge in [-0.25, -0.2) is 4.52 Å². The molecule has 0 bridgehead atoms. The van der Waals surface area contributed by atoms with E-state index in [-0.39, 0.29) is 24.4 Å². The first-order valence-corrected chi connectivity index (χ1v) is 10.8. The number of methoxy groups -OCH3 is 1. The summed E-state index contributed by atoms with van der Waals surface area (Å²) in [7, 11) is 1.61. The fourth-order valence-corrected chi connectivity index (χ4v) is 3.53. The van der Waals surface area contributed by atoms with Crippen molar-refractivity contribution in [1.29, 1.82) is 0 Å². The highest BCUT2D eigenvalue weighted by Crippen LogP contribution is 2.22. The number of nitrogens with one attached hydrogen (secondary N) is 1. The summed E-state index contributed by atoms with van der Waals surface area (Å²) in [4.78, 5) is 25.2. The number of amides is 1. The predicted molar refractivity (Wildman–Crippen MR) is 126 cm³/mol. The summed E-state index contributed by atoms with van der Waals surface area (Å²) < 4.78 is 13.8. The Morgan fingerprint density at radius 3 is 2.64 bits per heavy atom. The maximum Gasteiger partial charge on any atom is 0.276 e. The first-order valence-electron chi connectivity index (χ1n) is 10.8. The molecule has 0 fully saturated rings. The van der Waals surface area contributed by atoms with Crippen molar-refractivity contribution in [2.45, 2.75) is 26.4 Å². The number of hydrogen-bond donors (Lipinski definition) is 1. The molecule has 8 heteroatoms. The maximum atomic E-state index is 12.9. The summed E-state index contributed by atoms with van der Waals surface area (Å²) in [6, 6.07) is 16.9. The minimum absolute atomic E-state index is 0.131. The summed E-state index contributed by atoms with van der Waals surface area (Å²) in [5.74, 6) is 1.40. The van der Waals surface area contributed by atoms with Crippen molar-refractivity contribution in [3.63, 3.8) is 0 Å². The number of carbonyl (C=O) groups is 1. The van der Waals surface area contributed by atoms with Gasteiger partial charge in [-0.2, -0.15) is 5.10 Å². The van der Waals surface area contributed by atoms with Crippen LogP contribution in [0.2, 0.25) is 0 Å². The molecule has 2 heterocycles. The molecule has 2 aromatic carbocycles. The zero-order valence-corrected chi connectivity index (χ0v) is 18.7. The quantitative estimate of drug-likeness (QED) is 0.426. The van der Waals surface area contributed by atoms with E-state index in [0.717, 1.165) is 22.6 Å². The smallest absolute Gasteiger partial charge is 0.276 e. The van der Waals surface area contributed by atoms with E-state index in [9.17, 15) is 9.59 Å². The Hall–Kier alpha value is -4.07. The summed E-state index contributed by atoms with van der Waals surface area (Å²) in [6.45, 7) is 3.22. The number of rotatable bonds is 9. The van der Waals surface area contributed by atoms with Crippen molar-refractivity contribution >= 4 is 11.4 Å². The van der Waals surface area contributed by atoms with E-state index in [0.29, 0.717) is 24.4 Å². The highest BCUT2D eigenvalue weighted by atomic mass is 16.5. The molecule has 0 unspecified atom stereocenters. The molecule has 0 aliphatic rings. The van der Waals surface area contributed by atoms with Gasteiger partial charge in [0.2, 0.25) is 5.91 Å². The van der Waals surface area contributed by atoms with Gasteiger partial charge >= 0.3 is 0 Å². The molecule has 1 N–H and O–H groups in total. The zero-order valence-electron chi connectivity index (χ0n) is 18.7. The Kier molecular flexibility index (Phi) is 6.73. The lowest BCUT2D eigenvalue weighted by Crippen LogP contribution is -2.27. The average Bonchev–Trinajstić information content (AvgIpc) is 3.28. The summed E-state index contributed by atoms with van der Waals surface area (Å²) in [6.07, 6.45) is 3.57. The predicted octanol–water partition coefficient (Wildman–Crippen LogP) is 3.28. The molecule has 170 valence electrons. The Morgan fingerprint density at radius 2 is 1.88 bits per heavy atom. The molecule has 0 saturated heterocycles. The van der Waals surface area contributed by atoms with Crippen molar-refractivity contribution in [1.82, 2.24) is 19.5 Å². The number of benzene rings is 2. The number of carbonyl (C=O) groups excluding carboxylic acids is 1. The van der Waals surface area contributed by atoms with Crippen molar-refractivity contribution in [3.8, 4) is 22.8 Å². The van der Waals surface area contributed by atoms with Gasteiger partial charge < -0.3 is 19.4 Å². The number of aryl methyl sites for hydroxylation is 1. The highest BCUT2D eigenvalue weighted by molar-refractivity contribution is 5.75. The summed E-state index contributed by atoms with van der Waals surface area (Å²) >= 11 is 0. The monoisotopic (exact) mass is 446 g/mol. The van der Waals surface area contributed by atoms with Gasteiger partial charge in [-0.3, -0.25) is 9.59 Å². The lowest BCUT2D eigenvalue weighted by Gasteiger charge is -2.08. The third kappa shape index (κ3) is 5.23. The van der Waals surface area contributed by atoms with Crippen LogP contribution < -0.4 is 20.3 Å². The summed E-state index contributed by atoms with van der Waals surface area (Å²) in [5.41, 5.74) is 2.80. The molecule has 0 aliphatic carbocycles. The molecule has 0 saturated carbocycles. The van der Waals surface area contributed by atoms with Crippen LogP contribution in [-0.2, 0) is 17.9 Å². The van der Waals surface area contributed by atoms with Gasteiger partial charge in [0.15, 0.2) is 0 Å². The molecular formula is C25H26N4O4. The van der Waals surface area contributed by atoms with Gasteiger partial charge in [0.1, 0.15) is 17.0 Å². The average molecular weight is 447 g/mol. The second kappa shape index (κ2) is 10.0. The standard InChI is InChI=1S/C25H26N4O4/c1-3-33-20-9-7-19(8-10-20)22-16-23-25(31)28(13-14-29(23)27-22)12-11-24(30)26-17-18-5-4-6-21(15-18)32-2/h4-10,13-16H,3,11-12,17H2,1-2H3,(H,26,30). The zero-order chi connectivity index (χ0) is 23.2. The van der Waals surface area contributed by atoms with Crippen LogP contribution in [0.15, 0.2) is 71.8 Å². The maximum absolute atomic E-state index is 12.9. The van der Waals surface area contributed by atoms with E-state index in [2.05, 4.69) is 10.4 Å². The van der Waals surface area contributed by atoms with Crippen molar-refractivity contribution in [2.75, 3.05) is 13.7 Å². The van der Waals surface area contributed by atoms with Crippen LogP contribution in [0, 0.1) is 0 Å². The summed E-state index contributed by atoms with van der Waals surface area (Å²) in [5, 5.41) is 7.38. The van der Waals surface area contributed by atoms with Crippen LogP contribution in [0.25, 0.3) is 16.8 Å². The van der Waals surface area contributed by atoms with Crippen molar-refractivity contribution < 1.29 is 14.3 Å². The SMILES string of the molecule is CCOc1ccc(-c2cc3c(=O)n(CCC(=O)NCc4cccc(OC)c4)ccn3n2)cc1. The van der Waals surface area contributed by atoms with Gasteiger partial charge in [-0.15, -0.1) is 0 Å². The van der Waals surface area contributed by atoms with E-state index < -0.39 is 0 Å². The Bertz CT molecular complexity index is 1310. The number of fused-ring (bicyclic) bond motifs is 1. The number of ether oxygens (including phenoxy) is 2. The van der Waals surface area contributed by atoms with Crippen LogP contribution in [-0.4, -0.2) is 33.8 Å². The second-order valence-electron chi connectivity index (χ2n) is 7.49. The van der Waals surface area contributed by atoms with Gasteiger partial charge in [0.05, 0.1) is 19.4 Å². The number of hydrogen-bond acceptors (Lipinski definition) is 5. The molecule has 4 rings (SSSR count). The van der Waals surface area contributed by atoms with Crippen molar-refractivity contribution in [2.24, 2.45) is 0 Å². The largest absolute Gasteiger partial charge is 0.497 e. The minimum Gasteiger partial charge on any atom is -0.497 e. The van der Waals surface area contributed by atoms with Crippen LogP contribution in [0.3, 0.4) is 0 Å². The molecular weight excluding hydrogens is 420 g/mol. The van der Waals surface area contributed by atoms with Gasteiger partial charge in [-0.1, -0.05) is 12.1 Å². The lowest BCUT2D eigenvalue weighted by atomic mass is 10.1. The van der Waals surface area contributed by atoms with E-state index >= 15 is 0 Å². The molecule has 0 atom stereocenters. The van der Waals surface area contributed by atoms with Crippen molar-refractivity contribution in [3.05, 3.63) is 82.9 Å². The topological polar surface area (TPSA) is 86.9 Å². The molecule has 4 aromatic rings. The minimum atomic E-state index is -0.192. The molecule has 0 aliphatic heterocycles. The Labute approximate surface area is 191 Å². The highest BCUT2D eigenvalue weighted by Gasteiger charge is 2.11. The molecule has 1 amide bonds. The molecule has 0 radical (unpaired) electrons. The fraction of sp³-hybridized carbons (Fsp3) is 0.240. The molecule has 33 heavy (non-hydrogen) atoms. The van der Waals surface area contributed by atoms with E-state index in [1.54, 1.807) is 30.1 Å². The van der Waals surface area contributed by atoms with E-state index in [1.807, 2.05) is 55.5 Å². The molecule has 0 spiro atoms. The third-order valence-electron chi connectivity index (χ3n) is 5.27. The van der Waals surface area contributed by atoms with E-state index in [1.165, 1.54) is 4.57 Å².